The van der Waals surface area contributed by atoms with Crippen molar-refractivity contribution >= 4 is 11.8 Å². The van der Waals surface area contributed by atoms with E-state index in [0.717, 1.165) is 58.2 Å². The van der Waals surface area contributed by atoms with E-state index in [1.54, 1.807) is 6.20 Å². The fourth-order valence-corrected chi connectivity index (χ4v) is 3.99. The van der Waals surface area contributed by atoms with Crippen molar-refractivity contribution in [3.63, 3.8) is 0 Å². The van der Waals surface area contributed by atoms with Crippen LogP contribution in [0.1, 0.15) is 57.8 Å². The Morgan fingerprint density at radius 1 is 1.12 bits per heavy atom. The Morgan fingerprint density at radius 3 is 2.84 bits per heavy atom. The van der Waals surface area contributed by atoms with E-state index in [1.807, 2.05) is 21.8 Å². The highest BCUT2D eigenvalue weighted by Gasteiger charge is 2.27. The van der Waals surface area contributed by atoms with Crippen LogP contribution in [0.15, 0.2) is 18.5 Å². The second-order valence-corrected chi connectivity index (χ2v) is 7.24. The van der Waals surface area contributed by atoms with Crippen LogP contribution in [0.5, 0.6) is 0 Å². The number of aromatic nitrogens is 2. The first kappa shape index (κ1) is 18.0. The molecule has 25 heavy (non-hydrogen) atoms. The molecule has 0 saturated carbocycles. The summed E-state index contributed by atoms with van der Waals surface area (Å²) >= 11 is 0. The summed E-state index contributed by atoms with van der Waals surface area (Å²) < 4.78 is 1.94. The van der Waals surface area contributed by atoms with Gasteiger partial charge in [-0.1, -0.05) is 6.42 Å². The standard InChI is InChI=1S/C19H30N4O2/c24-18-8-2-1-4-12-21(18)15-10-19(25)23-14-5-3-7-17(23)9-16-22-13-6-11-20-22/h6,11,13,17H,1-5,7-10,12,14-16H2/t17-/m0/s1. The number of hydrogen-bond acceptors (Lipinski definition) is 3. The molecule has 2 aliphatic heterocycles. The molecule has 3 heterocycles. The lowest BCUT2D eigenvalue weighted by molar-refractivity contribution is -0.136. The number of likely N-dealkylation sites (tertiary alicyclic amines) is 2. The van der Waals surface area contributed by atoms with Gasteiger partial charge in [0.15, 0.2) is 0 Å². The molecule has 0 N–H and O–H groups in total. The molecule has 6 nitrogen and oxygen atoms in total. The first-order valence-corrected chi connectivity index (χ1v) is 9.79. The zero-order chi connectivity index (χ0) is 17.5. The van der Waals surface area contributed by atoms with Gasteiger partial charge in [-0.25, -0.2) is 0 Å². The van der Waals surface area contributed by atoms with Crippen LogP contribution in [0, 0.1) is 0 Å². The van der Waals surface area contributed by atoms with Crippen LogP contribution >= 0.6 is 0 Å². The molecule has 0 aromatic carbocycles. The van der Waals surface area contributed by atoms with Gasteiger partial charge in [-0.2, -0.15) is 5.10 Å². The van der Waals surface area contributed by atoms with Gasteiger partial charge in [0.1, 0.15) is 0 Å². The Morgan fingerprint density at radius 2 is 2.00 bits per heavy atom. The van der Waals surface area contributed by atoms with E-state index in [9.17, 15) is 9.59 Å². The topological polar surface area (TPSA) is 58.4 Å². The largest absolute Gasteiger partial charge is 0.342 e. The molecule has 0 aliphatic carbocycles. The lowest BCUT2D eigenvalue weighted by Gasteiger charge is -2.36. The maximum atomic E-state index is 12.8. The monoisotopic (exact) mass is 346 g/mol. The molecule has 0 radical (unpaired) electrons. The van der Waals surface area contributed by atoms with Crippen LogP contribution < -0.4 is 0 Å². The van der Waals surface area contributed by atoms with Gasteiger partial charge in [-0.3, -0.25) is 14.3 Å². The lowest BCUT2D eigenvalue weighted by atomic mass is 9.99. The van der Waals surface area contributed by atoms with Gasteiger partial charge < -0.3 is 9.80 Å². The van der Waals surface area contributed by atoms with Gasteiger partial charge in [0.05, 0.1) is 0 Å². The molecular weight excluding hydrogens is 316 g/mol. The first-order chi connectivity index (χ1) is 12.2. The number of hydrogen-bond donors (Lipinski definition) is 0. The first-order valence-electron chi connectivity index (χ1n) is 9.79. The van der Waals surface area contributed by atoms with Crippen LogP contribution in [-0.4, -0.2) is 57.1 Å². The molecule has 2 aliphatic rings. The maximum Gasteiger partial charge on any atom is 0.224 e. The molecule has 0 bridgehead atoms. The molecule has 1 atom stereocenters. The van der Waals surface area contributed by atoms with Crippen molar-refractivity contribution in [2.24, 2.45) is 0 Å². The van der Waals surface area contributed by atoms with Crippen molar-refractivity contribution in [3.8, 4) is 0 Å². The third-order valence-corrected chi connectivity index (χ3v) is 5.47. The summed E-state index contributed by atoms with van der Waals surface area (Å²) in [6.07, 6.45) is 12.4. The summed E-state index contributed by atoms with van der Waals surface area (Å²) in [4.78, 5) is 28.8. The maximum absolute atomic E-state index is 12.8. The average molecular weight is 346 g/mol. The molecular formula is C19H30N4O2. The zero-order valence-corrected chi connectivity index (χ0v) is 15.1. The summed E-state index contributed by atoms with van der Waals surface area (Å²) in [5.41, 5.74) is 0. The number of rotatable bonds is 6. The number of aryl methyl sites for hydroxylation is 1. The SMILES string of the molecule is O=C1CCCCCN1CCC(=O)N1CCCC[C@H]1CCn1cccn1. The molecule has 0 unspecified atom stereocenters. The Balaban J connectivity index is 1.50. The second kappa shape index (κ2) is 9.02. The van der Waals surface area contributed by atoms with E-state index in [0.29, 0.717) is 25.4 Å². The lowest BCUT2D eigenvalue weighted by Crippen LogP contribution is -2.45. The van der Waals surface area contributed by atoms with Crippen molar-refractivity contribution < 1.29 is 9.59 Å². The van der Waals surface area contributed by atoms with Crippen molar-refractivity contribution in [2.45, 2.75) is 70.4 Å². The molecule has 1 aromatic rings. The second-order valence-electron chi connectivity index (χ2n) is 7.24. The van der Waals surface area contributed by atoms with Gasteiger partial charge in [-0.15, -0.1) is 0 Å². The third kappa shape index (κ3) is 5.06. The Hall–Kier alpha value is -1.85. The van der Waals surface area contributed by atoms with Crippen molar-refractivity contribution in [1.82, 2.24) is 19.6 Å². The van der Waals surface area contributed by atoms with E-state index < -0.39 is 0 Å². The van der Waals surface area contributed by atoms with E-state index >= 15 is 0 Å². The fraction of sp³-hybridized carbons (Fsp3) is 0.737. The molecule has 2 saturated heterocycles. The minimum Gasteiger partial charge on any atom is -0.342 e. The number of amides is 2. The van der Waals surface area contributed by atoms with Gasteiger partial charge in [0, 0.05) is 57.5 Å². The van der Waals surface area contributed by atoms with Gasteiger partial charge in [-0.05, 0) is 44.6 Å². The van der Waals surface area contributed by atoms with Crippen LogP contribution in [0.4, 0.5) is 0 Å². The molecule has 1 aromatic heterocycles. The normalized spacial score (nSPS) is 22.1. The minimum absolute atomic E-state index is 0.210. The highest BCUT2D eigenvalue weighted by Crippen LogP contribution is 2.21. The summed E-state index contributed by atoms with van der Waals surface area (Å²) in [5.74, 6) is 0.432. The predicted molar refractivity (Wildman–Crippen MR) is 95.9 cm³/mol. The summed E-state index contributed by atoms with van der Waals surface area (Å²) in [6.45, 7) is 3.11. The third-order valence-electron chi connectivity index (χ3n) is 5.47. The van der Waals surface area contributed by atoms with Gasteiger partial charge in [0.25, 0.3) is 0 Å². The van der Waals surface area contributed by atoms with Gasteiger partial charge >= 0.3 is 0 Å². The van der Waals surface area contributed by atoms with Crippen LogP contribution in [0.2, 0.25) is 0 Å². The number of piperidine rings is 1. The van der Waals surface area contributed by atoms with Crippen molar-refractivity contribution in [1.29, 1.82) is 0 Å². The van der Waals surface area contributed by atoms with Crippen molar-refractivity contribution in [2.75, 3.05) is 19.6 Å². The highest BCUT2D eigenvalue weighted by molar-refractivity contribution is 5.79. The summed E-state index contributed by atoms with van der Waals surface area (Å²) in [5, 5.41) is 4.25. The molecule has 6 heteroatoms. The quantitative estimate of drug-likeness (QED) is 0.795. The highest BCUT2D eigenvalue weighted by atomic mass is 16.2. The van der Waals surface area contributed by atoms with Crippen LogP contribution in [0.3, 0.4) is 0 Å². The minimum atomic E-state index is 0.210. The average Bonchev–Trinajstić information content (AvgIpc) is 3.07. The molecule has 0 spiro atoms. The van der Waals surface area contributed by atoms with E-state index in [4.69, 9.17) is 0 Å². The zero-order valence-electron chi connectivity index (χ0n) is 15.1. The van der Waals surface area contributed by atoms with E-state index in [2.05, 4.69) is 10.00 Å². The van der Waals surface area contributed by atoms with E-state index in [1.165, 1.54) is 6.42 Å². The molecule has 138 valence electrons. The summed E-state index contributed by atoms with van der Waals surface area (Å²) in [6, 6.07) is 2.24. The fourth-order valence-electron chi connectivity index (χ4n) is 3.99. The molecule has 2 fully saturated rings. The van der Waals surface area contributed by atoms with Gasteiger partial charge in [0.2, 0.25) is 11.8 Å². The van der Waals surface area contributed by atoms with Crippen LogP contribution in [-0.2, 0) is 16.1 Å². The Bertz CT molecular complexity index is 558. The molecule has 2 amide bonds. The smallest absolute Gasteiger partial charge is 0.224 e. The Labute approximate surface area is 150 Å². The van der Waals surface area contributed by atoms with E-state index in [-0.39, 0.29) is 11.8 Å². The van der Waals surface area contributed by atoms with Crippen molar-refractivity contribution in [3.05, 3.63) is 18.5 Å². The number of carbonyl (C=O) groups excluding carboxylic acids is 2. The predicted octanol–water partition coefficient (Wildman–Crippen LogP) is 2.45. The molecule has 3 rings (SSSR count). The summed E-state index contributed by atoms with van der Waals surface area (Å²) in [7, 11) is 0. The number of carbonyl (C=O) groups is 2. The Kier molecular flexibility index (Phi) is 6.48. The van der Waals surface area contributed by atoms with Crippen LogP contribution in [0.25, 0.3) is 0 Å². The number of nitrogens with zero attached hydrogens (tertiary/aromatic N) is 4.